The number of carbonyl (C=O) groups is 1. The van der Waals surface area contributed by atoms with Crippen LogP contribution in [0.15, 0.2) is 18.6 Å². The Kier molecular flexibility index (Phi) is 5.18. The van der Waals surface area contributed by atoms with Crippen molar-refractivity contribution in [3.63, 3.8) is 0 Å². The maximum absolute atomic E-state index is 10.8. The first-order valence-corrected chi connectivity index (χ1v) is 11.6. The van der Waals surface area contributed by atoms with Crippen molar-refractivity contribution in [1.29, 1.82) is 0 Å². The first-order valence-electron chi connectivity index (χ1n) is 11.6. The van der Waals surface area contributed by atoms with E-state index in [9.17, 15) is 4.79 Å². The Labute approximate surface area is 187 Å². The highest BCUT2D eigenvalue weighted by molar-refractivity contribution is 5.86. The number of carboxylic acids is 1. The van der Waals surface area contributed by atoms with Crippen molar-refractivity contribution in [2.24, 2.45) is 11.8 Å². The molecule has 2 aliphatic carbocycles. The molecule has 32 heavy (non-hydrogen) atoms. The summed E-state index contributed by atoms with van der Waals surface area (Å²) in [6.07, 6.45) is 8.46. The summed E-state index contributed by atoms with van der Waals surface area (Å²) in [7, 11) is 2.18. The number of anilines is 1. The number of ether oxygens (including phenoxy) is 2. The van der Waals surface area contributed by atoms with E-state index >= 15 is 0 Å². The summed E-state index contributed by atoms with van der Waals surface area (Å²) in [5.74, 6) is -0.0551. The molecule has 0 amide bonds. The normalized spacial score (nSPS) is 33.5. The van der Waals surface area contributed by atoms with Gasteiger partial charge in [-0.25, -0.2) is 9.97 Å². The van der Waals surface area contributed by atoms with Gasteiger partial charge in [0.25, 0.3) is 0 Å². The SMILES string of the molecule is CN(C[C@H]1CC[C@@]2(n3ccc4c(N)ncnc43)OC(C)(C)O[C@H]12)C1CC(CCC(=O)O)C1. The van der Waals surface area contributed by atoms with Crippen molar-refractivity contribution < 1.29 is 19.4 Å². The molecule has 0 spiro atoms. The molecule has 0 radical (unpaired) electrons. The van der Waals surface area contributed by atoms with Gasteiger partial charge in [-0.05, 0) is 65.0 Å². The molecule has 2 aromatic rings. The van der Waals surface area contributed by atoms with Gasteiger partial charge in [0, 0.05) is 31.1 Å². The van der Waals surface area contributed by atoms with Crippen LogP contribution in [0, 0.1) is 11.8 Å². The summed E-state index contributed by atoms with van der Waals surface area (Å²) in [6.45, 7) is 4.88. The van der Waals surface area contributed by atoms with Gasteiger partial charge in [0.1, 0.15) is 23.9 Å². The van der Waals surface area contributed by atoms with Crippen LogP contribution in [0.2, 0.25) is 0 Å². The van der Waals surface area contributed by atoms with Crippen LogP contribution in [-0.2, 0) is 20.0 Å². The number of fused-ring (bicyclic) bond motifs is 2. The van der Waals surface area contributed by atoms with Crippen molar-refractivity contribution in [1.82, 2.24) is 19.4 Å². The molecule has 1 saturated heterocycles. The molecular weight excluding hydrogens is 410 g/mol. The average molecular weight is 444 g/mol. The number of nitrogens with zero attached hydrogens (tertiary/aromatic N) is 4. The number of carboxylic acid groups (broad SMARTS) is 1. The Morgan fingerprint density at radius 2 is 2.16 bits per heavy atom. The molecule has 0 bridgehead atoms. The number of aliphatic carboxylic acids is 1. The molecule has 2 aromatic heterocycles. The fourth-order valence-corrected chi connectivity index (χ4v) is 6.02. The molecule has 9 heteroatoms. The maximum Gasteiger partial charge on any atom is 0.303 e. The molecule has 0 unspecified atom stereocenters. The highest BCUT2D eigenvalue weighted by Crippen LogP contribution is 2.53. The van der Waals surface area contributed by atoms with E-state index in [-0.39, 0.29) is 12.5 Å². The lowest BCUT2D eigenvalue weighted by atomic mass is 9.76. The summed E-state index contributed by atoms with van der Waals surface area (Å²) in [6, 6.07) is 2.47. The van der Waals surface area contributed by atoms with Gasteiger partial charge in [0.2, 0.25) is 0 Å². The minimum atomic E-state index is -0.699. The third kappa shape index (κ3) is 3.56. The zero-order chi connectivity index (χ0) is 22.7. The zero-order valence-electron chi connectivity index (χ0n) is 19.0. The van der Waals surface area contributed by atoms with Crippen LogP contribution in [0.5, 0.6) is 0 Å². The Morgan fingerprint density at radius 3 is 2.91 bits per heavy atom. The van der Waals surface area contributed by atoms with Crippen molar-refractivity contribution in [3.05, 3.63) is 18.6 Å². The van der Waals surface area contributed by atoms with E-state index in [1.807, 2.05) is 26.1 Å². The van der Waals surface area contributed by atoms with Crippen molar-refractivity contribution in [2.45, 2.75) is 76.0 Å². The van der Waals surface area contributed by atoms with Crippen LogP contribution in [0.3, 0.4) is 0 Å². The first-order chi connectivity index (χ1) is 15.2. The predicted octanol–water partition coefficient (Wildman–Crippen LogP) is 2.80. The van der Waals surface area contributed by atoms with Gasteiger partial charge in [-0.15, -0.1) is 0 Å². The number of rotatable bonds is 7. The van der Waals surface area contributed by atoms with E-state index in [1.165, 1.54) is 6.33 Å². The van der Waals surface area contributed by atoms with Crippen molar-refractivity contribution in [2.75, 3.05) is 19.3 Å². The van der Waals surface area contributed by atoms with Crippen molar-refractivity contribution in [3.8, 4) is 0 Å². The lowest BCUT2D eigenvalue weighted by molar-refractivity contribution is -0.187. The van der Waals surface area contributed by atoms with E-state index in [0.717, 1.165) is 49.7 Å². The molecule has 1 aliphatic heterocycles. The van der Waals surface area contributed by atoms with E-state index in [0.29, 0.717) is 23.7 Å². The van der Waals surface area contributed by atoms with Gasteiger partial charge in [-0.2, -0.15) is 0 Å². The van der Waals surface area contributed by atoms with Gasteiger partial charge in [-0.1, -0.05) is 0 Å². The lowest BCUT2D eigenvalue weighted by Crippen LogP contribution is -2.47. The number of nitrogens with two attached hydrogens (primary N) is 1. The standard InChI is InChI=1S/C23H33N5O4/c1-22(2)31-19-15(12-27(3)16-10-14(11-16)4-5-18(29)30)6-8-23(19,32-22)28-9-7-17-20(24)25-13-26-21(17)28/h7,9,13-16,19H,4-6,8,10-12H2,1-3H3,(H,29,30)(H2,24,25,26)/t14?,15-,16?,19-,23-/m1/s1. The second kappa shape index (κ2) is 7.67. The lowest BCUT2D eigenvalue weighted by Gasteiger charge is -2.42. The van der Waals surface area contributed by atoms with E-state index in [2.05, 4.69) is 26.5 Å². The number of hydrogen-bond donors (Lipinski definition) is 2. The van der Waals surface area contributed by atoms with E-state index < -0.39 is 17.5 Å². The minimum absolute atomic E-state index is 0.0883. The molecule has 3 N–H and O–H groups in total. The summed E-state index contributed by atoms with van der Waals surface area (Å²) < 4.78 is 15.2. The van der Waals surface area contributed by atoms with E-state index in [1.54, 1.807) is 0 Å². The largest absolute Gasteiger partial charge is 0.481 e. The van der Waals surface area contributed by atoms with Gasteiger partial charge in [0.15, 0.2) is 11.5 Å². The van der Waals surface area contributed by atoms with Crippen molar-refractivity contribution >= 4 is 22.8 Å². The Hall–Kier alpha value is -2.23. The molecule has 3 atom stereocenters. The quantitative estimate of drug-likeness (QED) is 0.671. The third-order valence-corrected chi connectivity index (χ3v) is 7.62. The summed E-state index contributed by atoms with van der Waals surface area (Å²) >= 11 is 0. The first kappa shape index (κ1) is 21.6. The Morgan fingerprint density at radius 1 is 1.38 bits per heavy atom. The highest BCUT2D eigenvalue weighted by atomic mass is 16.8. The van der Waals surface area contributed by atoms with Gasteiger partial charge in [0.05, 0.1) is 5.39 Å². The molecule has 174 valence electrons. The topological polar surface area (TPSA) is 116 Å². The van der Waals surface area contributed by atoms with Gasteiger partial charge >= 0.3 is 5.97 Å². The molecule has 5 rings (SSSR count). The molecule has 3 aliphatic rings. The predicted molar refractivity (Wildman–Crippen MR) is 119 cm³/mol. The molecule has 3 fully saturated rings. The van der Waals surface area contributed by atoms with Crippen LogP contribution in [-0.4, -0.2) is 62.0 Å². The second-order valence-corrected chi connectivity index (χ2v) is 10.2. The zero-order valence-corrected chi connectivity index (χ0v) is 19.0. The summed E-state index contributed by atoms with van der Waals surface area (Å²) in [4.78, 5) is 21.9. The van der Waals surface area contributed by atoms with Gasteiger partial charge < -0.3 is 29.8 Å². The van der Waals surface area contributed by atoms with Crippen LogP contribution < -0.4 is 5.73 Å². The van der Waals surface area contributed by atoms with Crippen LogP contribution in [0.1, 0.15) is 52.4 Å². The maximum atomic E-state index is 10.8. The molecule has 3 heterocycles. The Balaban J connectivity index is 1.33. The van der Waals surface area contributed by atoms with E-state index in [4.69, 9.17) is 20.3 Å². The third-order valence-electron chi connectivity index (χ3n) is 7.62. The monoisotopic (exact) mass is 443 g/mol. The Bertz CT molecular complexity index is 1020. The molecular formula is C23H33N5O4. The number of hydrogen-bond acceptors (Lipinski definition) is 7. The van der Waals surface area contributed by atoms with Crippen LogP contribution >= 0.6 is 0 Å². The second-order valence-electron chi connectivity index (χ2n) is 10.2. The van der Waals surface area contributed by atoms with Crippen LogP contribution in [0.25, 0.3) is 11.0 Å². The molecule has 0 aromatic carbocycles. The van der Waals surface area contributed by atoms with Crippen LogP contribution in [0.4, 0.5) is 5.82 Å². The summed E-state index contributed by atoms with van der Waals surface area (Å²) in [5, 5.41) is 9.74. The fourth-order valence-electron chi connectivity index (χ4n) is 6.02. The van der Waals surface area contributed by atoms with Gasteiger partial charge in [-0.3, -0.25) is 4.79 Å². The smallest absolute Gasteiger partial charge is 0.303 e. The highest BCUT2D eigenvalue weighted by Gasteiger charge is 2.61. The minimum Gasteiger partial charge on any atom is -0.481 e. The summed E-state index contributed by atoms with van der Waals surface area (Å²) in [5.41, 5.74) is 6.24. The fraction of sp³-hybridized carbons (Fsp3) is 0.696. The average Bonchev–Trinajstić information content (AvgIpc) is 3.32. The number of aromatic nitrogens is 3. The molecule has 2 saturated carbocycles. The number of nitrogen functional groups attached to an aromatic ring is 1. The molecule has 9 nitrogen and oxygen atoms in total.